The van der Waals surface area contributed by atoms with Crippen molar-refractivity contribution in [1.82, 2.24) is 20.4 Å². The smallest absolute Gasteiger partial charge is 0.408 e. The molecular weight excluding hydrogens is 332 g/mol. The summed E-state index contributed by atoms with van der Waals surface area (Å²) in [5.41, 5.74) is 1.41. The van der Waals surface area contributed by atoms with Crippen molar-refractivity contribution >= 4 is 6.09 Å². The number of alkyl carbamates (subject to hydrolysis) is 1. The molecule has 2 heterocycles. The normalized spacial score (nSPS) is 16.5. The Morgan fingerprint density at radius 1 is 1.35 bits per heavy atom. The van der Waals surface area contributed by atoms with Crippen LogP contribution in [0.1, 0.15) is 76.9 Å². The van der Waals surface area contributed by atoms with Crippen LogP contribution in [0.2, 0.25) is 0 Å². The maximum Gasteiger partial charge on any atom is 0.408 e. The fourth-order valence-electron chi connectivity index (χ4n) is 3.11. The van der Waals surface area contributed by atoms with E-state index in [4.69, 9.17) is 9.26 Å². The zero-order chi connectivity index (χ0) is 18.7. The molecule has 7 nitrogen and oxygen atoms in total. The maximum atomic E-state index is 11.9. The van der Waals surface area contributed by atoms with Crippen molar-refractivity contribution in [2.75, 3.05) is 0 Å². The summed E-state index contributed by atoms with van der Waals surface area (Å²) in [7, 11) is 0. The number of ether oxygens (including phenoxy) is 1. The lowest BCUT2D eigenvalue weighted by Crippen LogP contribution is -2.34. The molecule has 1 aliphatic carbocycles. The van der Waals surface area contributed by atoms with Gasteiger partial charge in [0.15, 0.2) is 0 Å². The summed E-state index contributed by atoms with van der Waals surface area (Å²) in [6.45, 7) is 7.21. The molecule has 0 radical (unpaired) electrons. The molecule has 1 saturated carbocycles. The third kappa shape index (κ3) is 4.59. The van der Waals surface area contributed by atoms with Gasteiger partial charge in [-0.3, -0.25) is 4.98 Å². The molecule has 0 saturated heterocycles. The number of hydrogen-bond acceptors (Lipinski definition) is 6. The molecule has 1 N–H and O–H groups in total. The van der Waals surface area contributed by atoms with Crippen molar-refractivity contribution in [3.63, 3.8) is 0 Å². The van der Waals surface area contributed by atoms with Crippen LogP contribution in [0.25, 0.3) is 11.4 Å². The number of nitrogens with one attached hydrogen (secondary N) is 1. The molecule has 0 aliphatic heterocycles. The van der Waals surface area contributed by atoms with Gasteiger partial charge in [-0.05, 0) is 52.7 Å². The molecule has 2 aromatic rings. The molecular formula is C19H26N4O3. The number of carbonyl (C=O) groups excluding carboxylic acids is 1. The molecule has 2 aromatic heterocycles. The van der Waals surface area contributed by atoms with Crippen molar-refractivity contribution < 1.29 is 14.1 Å². The fourth-order valence-corrected chi connectivity index (χ4v) is 3.11. The Labute approximate surface area is 153 Å². The predicted molar refractivity (Wildman–Crippen MR) is 96.5 cm³/mol. The van der Waals surface area contributed by atoms with Crippen LogP contribution in [-0.4, -0.2) is 26.8 Å². The number of amides is 1. The molecule has 1 fully saturated rings. The van der Waals surface area contributed by atoms with E-state index in [1.54, 1.807) is 13.1 Å². The lowest BCUT2D eigenvalue weighted by atomic mass is 10.0. The second-order valence-electron chi connectivity index (χ2n) is 7.77. The molecule has 0 aromatic carbocycles. The van der Waals surface area contributed by atoms with Gasteiger partial charge < -0.3 is 14.6 Å². The predicted octanol–water partition coefficient (Wildman–Crippen LogP) is 4.37. The highest BCUT2D eigenvalue weighted by molar-refractivity contribution is 5.68. The number of aromatic nitrogens is 3. The Hall–Kier alpha value is -2.44. The first kappa shape index (κ1) is 18.4. The van der Waals surface area contributed by atoms with Crippen molar-refractivity contribution in [1.29, 1.82) is 0 Å². The summed E-state index contributed by atoms with van der Waals surface area (Å²) in [6.07, 6.45) is 6.17. The van der Waals surface area contributed by atoms with Gasteiger partial charge in [-0.2, -0.15) is 4.98 Å². The SMILES string of the molecule is C[C@H](NC(=O)OC(C)(C)C)c1nc(-c2ccnc(C3CCCC3)c2)no1. The number of nitrogens with zero attached hydrogens (tertiary/aromatic N) is 3. The molecule has 140 valence electrons. The van der Waals surface area contributed by atoms with Crippen LogP contribution in [0, 0.1) is 0 Å². The van der Waals surface area contributed by atoms with Gasteiger partial charge in [-0.1, -0.05) is 18.0 Å². The first-order valence-corrected chi connectivity index (χ1v) is 9.11. The Morgan fingerprint density at radius 2 is 2.08 bits per heavy atom. The molecule has 1 amide bonds. The molecule has 1 atom stereocenters. The monoisotopic (exact) mass is 358 g/mol. The number of pyridine rings is 1. The highest BCUT2D eigenvalue weighted by Crippen LogP contribution is 2.34. The van der Waals surface area contributed by atoms with Gasteiger partial charge in [0.2, 0.25) is 11.7 Å². The second kappa shape index (κ2) is 7.43. The largest absolute Gasteiger partial charge is 0.444 e. The summed E-state index contributed by atoms with van der Waals surface area (Å²) in [4.78, 5) is 20.8. The van der Waals surface area contributed by atoms with Crippen LogP contribution >= 0.6 is 0 Å². The van der Waals surface area contributed by atoms with E-state index in [2.05, 4.69) is 20.4 Å². The van der Waals surface area contributed by atoms with Gasteiger partial charge >= 0.3 is 6.09 Å². The third-order valence-electron chi connectivity index (χ3n) is 4.36. The van der Waals surface area contributed by atoms with Crippen molar-refractivity contribution in [2.24, 2.45) is 0 Å². The average molecular weight is 358 g/mol. The number of rotatable bonds is 4. The van der Waals surface area contributed by atoms with Crippen molar-refractivity contribution in [3.05, 3.63) is 29.9 Å². The van der Waals surface area contributed by atoms with E-state index < -0.39 is 17.7 Å². The highest BCUT2D eigenvalue weighted by Gasteiger charge is 2.23. The molecule has 1 aliphatic rings. The minimum absolute atomic E-state index is 0.338. The molecule has 26 heavy (non-hydrogen) atoms. The lowest BCUT2D eigenvalue weighted by molar-refractivity contribution is 0.0499. The molecule has 3 rings (SSSR count). The first-order chi connectivity index (χ1) is 12.3. The van der Waals surface area contributed by atoms with Crippen LogP contribution in [-0.2, 0) is 4.74 Å². The zero-order valence-electron chi connectivity index (χ0n) is 15.8. The standard InChI is InChI=1S/C19H26N4O3/c1-12(21-18(24)25-19(2,3)4)17-22-16(23-26-17)14-9-10-20-15(11-14)13-7-5-6-8-13/h9-13H,5-8H2,1-4H3,(H,21,24)/t12-/m0/s1. The lowest BCUT2D eigenvalue weighted by Gasteiger charge is -2.20. The first-order valence-electron chi connectivity index (χ1n) is 9.11. The summed E-state index contributed by atoms with van der Waals surface area (Å²) < 4.78 is 10.6. The molecule has 0 unspecified atom stereocenters. The Kier molecular flexibility index (Phi) is 5.25. The summed E-state index contributed by atoms with van der Waals surface area (Å²) in [5.74, 6) is 1.36. The van der Waals surface area contributed by atoms with Crippen LogP contribution < -0.4 is 5.32 Å². The second-order valence-corrected chi connectivity index (χ2v) is 7.77. The molecule has 7 heteroatoms. The van der Waals surface area contributed by atoms with Gasteiger partial charge in [0.05, 0.1) is 0 Å². The zero-order valence-corrected chi connectivity index (χ0v) is 15.8. The van der Waals surface area contributed by atoms with E-state index in [1.165, 1.54) is 25.7 Å². The highest BCUT2D eigenvalue weighted by atomic mass is 16.6. The Balaban J connectivity index is 1.69. The Bertz CT molecular complexity index is 760. The van der Waals surface area contributed by atoms with Gasteiger partial charge in [-0.25, -0.2) is 4.79 Å². The average Bonchev–Trinajstić information content (AvgIpc) is 3.25. The van der Waals surface area contributed by atoms with Crippen molar-refractivity contribution in [2.45, 2.75) is 70.9 Å². The van der Waals surface area contributed by atoms with Crippen molar-refractivity contribution in [3.8, 4) is 11.4 Å². The summed E-state index contributed by atoms with van der Waals surface area (Å²) >= 11 is 0. The quantitative estimate of drug-likeness (QED) is 0.872. The molecule has 0 bridgehead atoms. The van der Waals surface area contributed by atoms with E-state index in [9.17, 15) is 4.79 Å². The molecule has 0 spiro atoms. The minimum atomic E-state index is -0.558. The number of hydrogen-bond donors (Lipinski definition) is 1. The van der Waals surface area contributed by atoms with Crippen LogP contribution in [0.4, 0.5) is 4.79 Å². The van der Waals surface area contributed by atoms with E-state index >= 15 is 0 Å². The van der Waals surface area contributed by atoms with Crippen LogP contribution in [0.5, 0.6) is 0 Å². The minimum Gasteiger partial charge on any atom is -0.444 e. The van der Waals surface area contributed by atoms with E-state index in [0.29, 0.717) is 17.6 Å². The Morgan fingerprint density at radius 3 is 2.77 bits per heavy atom. The maximum absolute atomic E-state index is 11.9. The van der Waals surface area contributed by atoms with Gasteiger partial charge in [0, 0.05) is 23.4 Å². The fraction of sp³-hybridized carbons (Fsp3) is 0.579. The van der Waals surface area contributed by atoms with Gasteiger partial charge in [0.25, 0.3) is 0 Å². The van der Waals surface area contributed by atoms with Crippen LogP contribution in [0.15, 0.2) is 22.9 Å². The van der Waals surface area contributed by atoms with Gasteiger partial charge in [0.1, 0.15) is 11.6 Å². The summed E-state index contributed by atoms with van der Waals surface area (Å²) in [6, 6.07) is 3.47. The van der Waals surface area contributed by atoms with E-state index in [0.717, 1.165) is 11.3 Å². The van der Waals surface area contributed by atoms with Crippen LogP contribution in [0.3, 0.4) is 0 Å². The third-order valence-corrected chi connectivity index (χ3v) is 4.36. The van der Waals surface area contributed by atoms with Gasteiger partial charge in [-0.15, -0.1) is 0 Å². The van der Waals surface area contributed by atoms with E-state index in [1.807, 2.05) is 32.9 Å². The number of carbonyl (C=O) groups is 1. The van der Waals surface area contributed by atoms with E-state index in [-0.39, 0.29) is 0 Å². The summed E-state index contributed by atoms with van der Waals surface area (Å²) in [5, 5.41) is 6.76. The topological polar surface area (TPSA) is 90.1 Å².